The summed E-state index contributed by atoms with van der Waals surface area (Å²) in [5.41, 5.74) is 0.826. The molecule has 3 rings (SSSR count). The fourth-order valence-electron chi connectivity index (χ4n) is 2.67. The molecule has 1 amide bonds. The first-order chi connectivity index (χ1) is 10.2. The fourth-order valence-corrected chi connectivity index (χ4v) is 2.67. The van der Waals surface area contributed by atoms with E-state index in [0.717, 1.165) is 36.8 Å². The summed E-state index contributed by atoms with van der Waals surface area (Å²) in [5, 5.41) is 2.94. The molecule has 4 nitrogen and oxygen atoms in total. The van der Waals surface area contributed by atoms with E-state index in [1.54, 1.807) is 7.11 Å². The number of carbonyl (C=O) groups excluding carboxylic acids is 1. The van der Waals surface area contributed by atoms with Crippen LogP contribution in [0.25, 0.3) is 0 Å². The van der Waals surface area contributed by atoms with Gasteiger partial charge in [-0.3, -0.25) is 4.79 Å². The molecular weight excluding hydrogens is 266 g/mol. The Morgan fingerprint density at radius 2 is 1.95 bits per heavy atom. The Hall–Kier alpha value is -1.55. The van der Waals surface area contributed by atoms with E-state index in [1.807, 2.05) is 24.3 Å². The van der Waals surface area contributed by atoms with Crippen molar-refractivity contribution in [2.45, 2.75) is 38.2 Å². The molecule has 2 saturated carbocycles. The summed E-state index contributed by atoms with van der Waals surface area (Å²) in [4.78, 5) is 12.0. The number of hydrogen-bond acceptors (Lipinski definition) is 3. The lowest BCUT2D eigenvalue weighted by molar-refractivity contribution is -0.120. The van der Waals surface area contributed by atoms with Gasteiger partial charge in [0, 0.05) is 19.2 Å². The molecule has 2 aliphatic carbocycles. The van der Waals surface area contributed by atoms with Crippen LogP contribution < -0.4 is 10.1 Å². The van der Waals surface area contributed by atoms with Gasteiger partial charge in [-0.25, -0.2) is 0 Å². The van der Waals surface area contributed by atoms with Crippen LogP contribution in [0.4, 0.5) is 5.69 Å². The van der Waals surface area contributed by atoms with E-state index < -0.39 is 0 Å². The molecule has 0 bridgehead atoms. The van der Waals surface area contributed by atoms with Crippen LogP contribution >= 0.6 is 0 Å². The van der Waals surface area contributed by atoms with Crippen LogP contribution in [0.1, 0.15) is 32.1 Å². The molecule has 2 aliphatic rings. The second-order valence-electron chi connectivity index (χ2n) is 6.14. The number of anilines is 1. The predicted octanol–water partition coefficient (Wildman–Crippen LogP) is 3.23. The molecule has 1 N–H and O–H groups in total. The molecule has 0 aromatic heterocycles. The molecule has 0 radical (unpaired) electrons. The van der Waals surface area contributed by atoms with Crippen LogP contribution in [-0.4, -0.2) is 25.7 Å². The summed E-state index contributed by atoms with van der Waals surface area (Å²) < 4.78 is 11.0. The number of benzene rings is 1. The van der Waals surface area contributed by atoms with Crippen LogP contribution in [0.15, 0.2) is 24.3 Å². The summed E-state index contributed by atoms with van der Waals surface area (Å²) in [7, 11) is 1.72. The molecule has 2 fully saturated rings. The van der Waals surface area contributed by atoms with Crippen molar-refractivity contribution >= 4 is 11.6 Å². The number of carbonyl (C=O) groups is 1. The van der Waals surface area contributed by atoms with Gasteiger partial charge in [0.15, 0.2) is 0 Å². The average molecular weight is 289 g/mol. The lowest BCUT2D eigenvalue weighted by Gasteiger charge is -2.34. The first kappa shape index (κ1) is 14.4. The minimum Gasteiger partial charge on any atom is -0.493 e. The zero-order valence-electron chi connectivity index (χ0n) is 12.5. The topological polar surface area (TPSA) is 47.6 Å². The quantitative estimate of drug-likeness (QED) is 0.838. The molecule has 0 saturated heterocycles. The van der Waals surface area contributed by atoms with Gasteiger partial charge in [0.25, 0.3) is 0 Å². The maximum atomic E-state index is 12.0. The van der Waals surface area contributed by atoms with Gasteiger partial charge < -0.3 is 14.8 Å². The number of amides is 1. The van der Waals surface area contributed by atoms with Gasteiger partial charge in [-0.05, 0) is 61.8 Å². The van der Waals surface area contributed by atoms with Crippen molar-refractivity contribution in [2.75, 3.05) is 19.0 Å². The largest absolute Gasteiger partial charge is 0.493 e. The van der Waals surface area contributed by atoms with E-state index in [2.05, 4.69) is 5.32 Å². The Bertz CT molecular complexity index is 479. The highest BCUT2D eigenvalue weighted by Crippen LogP contribution is 2.33. The number of ether oxygens (including phenoxy) is 2. The smallest absolute Gasteiger partial charge is 0.224 e. The third-order valence-electron chi connectivity index (χ3n) is 4.42. The molecule has 114 valence electrons. The first-order valence-corrected chi connectivity index (χ1v) is 7.80. The molecule has 1 aromatic rings. The summed E-state index contributed by atoms with van der Waals surface area (Å²) in [5.74, 6) is 2.06. The molecule has 4 heteroatoms. The molecule has 0 aliphatic heterocycles. The van der Waals surface area contributed by atoms with Gasteiger partial charge in [-0.15, -0.1) is 0 Å². The van der Waals surface area contributed by atoms with Crippen molar-refractivity contribution in [1.82, 2.24) is 0 Å². The Morgan fingerprint density at radius 1 is 1.19 bits per heavy atom. The van der Waals surface area contributed by atoms with E-state index in [1.165, 1.54) is 12.8 Å². The van der Waals surface area contributed by atoms with Crippen LogP contribution in [0, 0.1) is 11.8 Å². The molecule has 1 aromatic carbocycles. The predicted molar refractivity (Wildman–Crippen MR) is 81.4 cm³/mol. The zero-order chi connectivity index (χ0) is 14.7. The second-order valence-corrected chi connectivity index (χ2v) is 6.14. The molecule has 2 unspecified atom stereocenters. The maximum Gasteiger partial charge on any atom is 0.224 e. The van der Waals surface area contributed by atoms with E-state index in [0.29, 0.717) is 12.3 Å². The van der Waals surface area contributed by atoms with Crippen LogP contribution in [0.5, 0.6) is 5.75 Å². The highest BCUT2D eigenvalue weighted by Gasteiger charge is 2.32. The van der Waals surface area contributed by atoms with Crippen molar-refractivity contribution in [3.63, 3.8) is 0 Å². The summed E-state index contributed by atoms with van der Waals surface area (Å²) >= 11 is 0. The third-order valence-corrected chi connectivity index (χ3v) is 4.42. The molecule has 21 heavy (non-hydrogen) atoms. The minimum atomic E-state index is 0.0633. The minimum absolute atomic E-state index is 0.0633. The van der Waals surface area contributed by atoms with Gasteiger partial charge in [0.05, 0.1) is 12.7 Å². The van der Waals surface area contributed by atoms with Crippen LogP contribution in [-0.2, 0) is 9.53 Å². The van der Waals surface area contributed by atoms with Gasteiger partial charge in [-0.2, -0.15) is 0 Å². The molecule has 2 atom stereocenters. The summed E-state index contributed by atoms with van der Waals surface area (Å²) in [6.45, 7) is 0.811. The standard InChI is InChI=1S/C17H23NO3/c1-20-16-9-4-13(16)10-17(19)18-14-5-7-15(8-6-14)21-11-12-2-3-12/h5-8,12-13,16H,2-4,9-11H2,1H3,(H,18,19). The SMILES string of the molecule is COC1CCC1CC(=O)Nc1ccc(OCC2CC2)cc1. The van der Waals surface area contributed by atoms with E-state index in [-0.39, 0.29) is 12.0 Å². The maximum absolute atomic E-state index is 12.0. The summed E-state index contributed by atoms with van der Waals surface area (Å²) in [6.07, 6.45) is 5.53. The third kappa shape index (κ3) is 3.97. The van der Waals surface area contributed by atoms with Crippen LogP contribution in [0.2, 0.25) is 0 Å². The Kier molecular flexibility index (Phi) is 4.44. The Morgan fingerprint density at radius 3 is 2.52 bits per heavy atom. The van der Waals surface area contributed by atoms with Crippen molar-refractivity contribution in [2.24, 2.45) is 11.8 Å². The average Bonchev–Trinajstić information content (AvgIpc) is 3.28. The first-order valence-electron chi connectivity index (χ1n) is 7.80. The fraction of sp³-hybridized carbons (Fsp3) is 0.588. The Balaban J connectivity index is 1.44. The van der Waals surface area contributed by atoms with E-state index in [4.69, 9.17) is 9.47 Å². The van der Waals surface area contributed by atoms with Gasteiger partial charge in [0.1, 0.15) is 5.75 Å². The van der Waals surface area contributed by atoms with Gasteiger partial charge >= 0.3 is 0 Å². The van der Waals surface area contributed by atoms with Crippen molar-refractivity contribution < 1.29 is 14.3 Å². The number of methoxy groups -OCH3 is 1. The lowest BCUT2D eigenvalue weighted by Crippen LogP contribution is -2.35. The molecule has 0 spiro atoms. The van der Waals surface area contributed by atoms with Crippen molar-refractivity contribution in [1.29, 1.82) is 0 Å². The number of hydrogen-bond donors (Lipinski definition) is 1. The Labute approximate surface area is 125 Å². The van der Waals surface area contributed by atoms with E-state index in [9.17, 15) is 4.79 Å². The zero-order valence-corrected chi connectivity index (χ0v) is 12.5. The monoisotopic (exact) mass is 289 g/mol. The van der Waals surface area contributed by atoms with Gasteiger partial charge in [0.2, 0.25) is 5.91 Å². The number of rotatable bonds is 7. The van der Waals surface area contributed by atoms with Gasteiger partial charge in [-0.1, -0.05) is 0 Å². The lowest BCUT2D eigenvalue weighted by atomic mass is 9.79. The number of nitrogens with one attached hydrogen (secondary N) is 1. The normalized spacial score (nSPS) is 24.2. The highest BCUT2D eigenvalue weighted by atomic mass is 16.5. The van der Waals surface area contributed by atoms with Crippen LogP contribution in [0.3, 0.4) is 0 Å². The summed E-state index contributed by atoms with van der Waals surface area (Å²) in [6, 6.07) is 7.63. The molecule has 0 heterocycles. The highest BCUT2D eigenvalue weighted by molar-refractivity contribution is 5.91. The van der Waals surface area contributed by atoms with E-state index >= 15 is 0 Å². The second kappa shape index (κ2) is 6.48. The molecular formula is C17H23NO3. The van der Waals surface area contributed by atoms with Crippen molar-refractivity contribution in [3.8, 4) is 5.75 Å². The van der Waals surface area contributed by atoms with Crippen molar-refractivity contribution in [3.05, 3.63) is 24.3 Å².